The van der Waals surface area contributed by atoms with Gasteiger partial charge in [-0.3, -0.25) is 0 Å². The summed E-state index contributed by atoms with van der Waals surface area (Å²) in [5.41, 5.74) is 6.64. The van der Waals surface area contributed by atoms with Crippen molar-refractivity contribution in [3.8, 4) is 0 Å². The van der Waals surface area contributed by atoms with Crippen molar-refractivity contribution in [3.63, 3.8) is 0 Å². The summed E-state index contributed by atoms with van der Waals surface area (Å²) in [5, 5.41) is 0. The van der Waals surface area contributed by atoms with Gasteiger partial charge in [0.1, 0.15) is 5.82 Å². The molecule has 1 aliphatic rings. The number of halogens is 1. The maximum absolute atomic E-state index is 13.4. The van der Waals surface area contributed by atoms with Crippen molar-refractivity contribution in [2.24, 2.45) is 5.92 Å². The quantitative estimate of drug-likeness (QED) is 0.615. The molecule has 0 amide bonds. The molecule has 0 heterocycles. The van der Waals surface area contributed by atoms with Gasteiger partial charge in [0.25, 0.3) is 0 Å². The number of nitrogens with two attached hydrogens (primary N) is 1. The zero-order chi connectivity index (χ0) is 11.4. The van der Waals surface area contributed by atoms with Gasteiger partial charge in [-0.25, -0.2) is 4.39 Å². The molecule has 2 nitrogen and oxygen atoms in total. The molecule has 1 saturated carbocycles. The lowest BCUT2D eigenvalue weighted by Gasteiger charge is -2.24. The Morgan fingerprint density at radius 2 is 2.19 bits per heavy atom. The summed E-state index contributed by atoms with van der Waals surface area (Å²) in [4.78, 5) is 0. The normalized spacial score (nSPS) is 16.1. The molecule has 2 rings (SSSR count). The van der Waals surface area contributed by atoms with Gasteiger partial charge >= 0.3 is 0 Å². The van der Waals surface area contributed by atoms with Gasteiger partial charge in [-0.2, -0.15) is 0 Å². The Balaban J connectivity index is 1.75. The fraction of sp³-hybridized carbons (Fsp3) is 0.538. The summed E-state index contributed by atoms with van der Waals surface area (Å²) in [6.45, 7) is 0.990. The molecule has 0 bridgehead atoms. The molecule has 0 unspecified atom stereocenters. The van der Waals surface area contributed by atoms with Gasteiger partial charge in [0.15, 0.2) is 0 Å². The van der Waals surface area contributed by atoms with Gasteiger partial charge in [0.05, 0.1) is 6.61 Å². The first kappa shape index (κ1) is 11.4. The molecule has 16 heavy (non-hydrogen) atoms. The number of anilines is 1. The van der Waals surface area contributed by atoms with E-state index in [0.29, 0.717) is 17.9 Å². The fourth-order valence-electron chi connectivity index (χ4n) is 1.93. The van der Waals surface area contributed by atoms with Crippen molar-refractivity contribution in [1.29, 1.82) is 0 Å². The minimum atomic E-state index is -0.274. The Labute approximate surface area is 95.6 Å². The van der Waals surface area contributed by atoms with Crippen LogP contribution in [0.4, 0.5) is 10.1 Å². The predicted octanol–water partition coefficient (Wildman–Crippen LogP) is 3.11. The molecule has 1 aromatic carbocycles. The van der Waals surface area contributed by atoms with Crippen LogP contribution in [0.3, 0.4) is 0 Å². The molecular weight excluding hydrogens is 205 g/mol. The van der Waals surface area contributed by atoms with E-state index >= 15 is 0 Å². The van der Waals surface area contributed by atoms with E-state index in [4.69, 9.17) is 10.5 Å². The third-order valence-electron chi connectivity index (χ3n) is 3.30. The van der Waals surface area contributed by atoms with Crippen LogP contribution in [0.15, 0.2) is 18.2 Å². The van der Waals surface area contributed by atoms with Gasteiger partial charge in [-0.15, -0.1) is 0 Å². The smallest absolute Gasteiger partial charge is 0.130 e. The summed E-state index contributed by atoms with van der Waals surface area (Å²) in [7, 11) is 0. The Bertz CT molecular complexity index is 330. The minimum Gasteiger partial charge on any atom is -0.398 e. The number of ether oxygens (including phenoxy) is 1. The zero-order valence-electron chi connectivity index (χ0n) is 9.42. The molecule has 88 valence electrons. The van der Waals surface area contributed by atoms with Crippen LogP contribution < -0.4 is 5.73 Å². The predicted molar refractivity (Wildman–Crippen MR) is 62.4 cm³/mol. The van der Waals surface area contributed by atoms with Crippen molar-refractivity contribution >= 4 is 5.69 Å². The van der Waals surface area contributed by atoms with E-state index in [1.807, 2.05) is 0 Å². The van der Waals surface area contributed by atoms with E-state index in [1.54, 1.807) is 12.1 Å². The monoisotopic (exact) mass is 223 g/mol. The first-order valence-corrected chi connectivity index (χ1v) is 5.88. The molecule has 2 N–H and O–H groups in total. The molecular formula is C13H18FNO. The summed E-state index contributed by atoms with van der Waals surface area (Å²) < 4.78 is 18.8. The Morgan fingerprint density at radius 3 is 2.81 bits per heavy atom. The lowest BCUT2D eigenvalue weighted by atomic mass is 9.83. The van der Waals surface area contributed by atoms with E-state index in [2.05, 4.69) is 0 Å². The second-order valence-corrected chi connectivity index (χ2v) is 4.45. The van der Waals surface area contributed by atoms with Crippen molar-refractivity contribution in [3.05, 3.63) is 29.6 Å². The first-order valence-electron chi connectivity index (χ1n) is 5.88. The number of rotatable bonds is 5. The Kier molecular flexibility index (Phi) is 3.78. The van der Waals surface area contributed by atoms with E-state index in [9.17, 15) is 4.39 Å². The van der Waals surface area contributed by atoms with Crippen LogP contribution in [0.2, 0.25) is 0 Å². The van der Waals surface area contributed by atoms with Crippen molar-refractivity contribution in [2.45, 2.75) is 32.3 Å². The minimum absolute atomic E-state index is 0.274. The van der Waals surface area contributed by atoms with Crippen LogP contribution in [0.1, 0.15) is 31.2 Å². The summed E-state index contributed by atoms with van der Waals surface area (Å²) >= 11 is 0. The van der Waals surface area contributed by atoms with Crippen LogP contribution in [0.25, 0.3) is 0 Å². The number of benzene rings is 1. The lowest BCUT2D eigenvalue weighted by Crippen LogP contribution is -2.13. The second kappa shape index (κ2) is 5.30. The molecule has 1 aliphatic carbocycles. The second-order valence-electron chi connectivity index (χ2n) is 4.45. The molecule has 1 aromatic rings. The maximum Gasteiger partial charge on any atom is 0.130 e. The average molecular weight is 223 g/mol. The van der Waals surface area contributed by atoms with Crippen LogP contribution in [-0.4, -0.2) is 6.61 Å². The number of nitrogen functional groups attached to an aromatic ring is 1. The molecule has 0 aliphatic heterocycles. The van der Waals surface area contributed by atoms with Gasteiger partial charge in [0, 0.05) is 17.9 Å². The highest BCUT2D eigenvalue weighted by Crippen LogP contribution is 2.29. The topological polar surface area (TPSA) is 35.2 Å². The van der Waals surface area contributed by atoms with E-state index < -0.39 is 0 Å². The van der Waals surface area contributed by atoms with Gasteiger partial charge in [-0.05, 0) is 24.5 Å². The first-order chi connectivity index (χ1) is 7.77. The average Bonchev–Trinajstić information content (AvgIpc) is 2.19. The van der Waals surface area contributed by atoms with Crippen LogP contribution >= 0.6 is 0 Å². The van der Waals surface area contributed by atoms with Gasteiger partial charge in [-0.1, -0.05) is 25.3 Å². The number of hydrogen-bond donors (Lipinski definition) is 1. The molecule has 3 heteroatoms. The van der Waals surface area contributed by atoms with Gasteiger partial charge < -0.3 is 10.5 Å². The lowest BCUT2D eigenvalue weighted by molar-refractivity contribution is 0.0935. The highest BCUT2D eigenvalue weighted by atomic mass is 19.1. The van der Waals surface area contributed by atoms with E-state index in [-0.39, 0.29) is 12.4 Å². The van der Waals surface area contributed by atoms with Crippen molar-refractivity contribution in [2.75, 3.05) is 12.3 Å². The van der Waals surface area contributed by atoms with Gasteiger partial charge in [0.2, 0.25) is 0 Å². The van der Waals surface area contributed by atoms with Crippen LogP contribution in [0.5, 0.6) is 0 Å². The molecule has 1 fully saturated rings. The summed E-state index contributed by atoms with van der Waals surface area (Å²) in [6, 6.07) is 4.73. The third kappa shape index (κ3) is 2.73. The highest BCUT2D eigenvalue weighted by molar-refractivity contribution is 5.46. The van der Waals surface area contributed by atoms with Crippen LogP contribution in [-0.2, 0) is 11.3 Å². The molecule has 0 atom stereocenters. The maximum atomic E-state index is 13.4. The van der Waals surface area contributed by atoms with E-state index in [1.165, 1.54) is 25.3 Å². The van der Waals surface area contributed by atoms with Crippen molar-refractivity contribution in [1.82, 2.24) is 0 Å². The fourth-order valence-corrected chi connectivity index (χ4v) is 1.93. The number of hydrogen-bond acceptors (Lipinski definition) is 2. The Morgan fingerprint density at radius 1 is 1.38 bits per heavy atom. The Hall–Kier alpha value is -1.09. The SMILES string of the molecule is Nc1cccc(F)c1COCCC1CCC1. The molecule has 0 saturated heterocycles. The molecule has 0 aromatic heterocycles. The summed E-state index contributed by atoms with van der Waals surface area (Å²) in [6.07, 6.45) is 5.09. The van der Waals surface area contributed by atoms with Crippen molar-refractivity contribution < 1.29 is 9.13 Å². The molecule has 0 spiro atoms. The molecule has 0 radical (unpaired) electrons. The van der Waals surface area contributed by atoms with Crippen LogP contribution in [0, 0.1) is 11.7 Å². The van der Waals surface area contributed by atoms with E-state index in [0.717, 1.165) is 12.3 Å². The third-order valence-corrected chi connectivity index (χ3v) is 3.30. The summed E-state index contributed by atoms with van der Waals surface area (Å²) in [5.74, 6) is 0.557. The standard InChI is InChI=1S/C13H18FNO/c14-12-5-2-6-13(15)11(12)9-16-8-7-10-3-1-4-10/h2,5-6,10H,1,3-4,7-9,15H2. The largest absolute Gasteiger partial charge is 0.398 e. The highest BCUT2D eigenvalue weighted by Gasteiger charge is 2.16. The zero-order valence-corrected chi connectivity index (χ0v) is 9.42.